The predicted molar refractivity (Wildman–Crippen MR) is 119 cm³/mol. The minimum absolute atomic E-state index is 0.422. The van der Waals surface area contributed by atoms with Gasteiger partial charge in [0.25, 0.3) is 0 Å². The van der Waals surface area contributed by atoms with E-state index >= 15 is 0 Å². The normalized spacial score (nSPS) is 18.1. The van der Waals surface area contributed by atoms with Crippen LogP contribution in [0.1, 0.15) is 54.0 Å². The van der Waals surface area contributed by atoms with Crippen LogP contribution in [0.3, 0.4) is 0 Å². The van der Waals surface area contributed by atoms with E-state index in [0.717, 1.165) is 20.9 Å². The molecule has 3 aromatic rings. The van der Waals surface area contributed by atoms with E-state index < -0.39 is 30.0 Å². The Kier molecular flexibility index (Phi) is 4.59. The van der Waals surface area contributed by atoms with Gasteiger partial charge in [0, 0.05) is 21.7 Å². The molecule has 0 aliphatic carbocycles. The van der Waals surface area contributed by atoms with Crippen LogP contribution in [-0.2, 0) is 14.0 Å². The van der Waals surface area contributed by atoms with Gasteiger partial charge in [-0.1, -0.05) is 12.1 Å². The summed E-state index contributed by atoms with van der Waals surface area (Å²) in [5.41, 5.74) is -0.308. The molecule has 1 aliphatic heterocycles. The van der Waals surface area contributed by atoms with Crippen LogP contribution >= 0.6 is 11.3 Å². The lowest BCUT2D eigenvalue weighted by molar-refractivity contribution is 0.00578. The Bertz CT molecular complexity index is 1190. The molecule has 0 unspecified atom stereocenters. The van der Waals surface area contributed by atoms with Crippen molar-refractivity contribution in [2.75, 3.05) is 0 Å². The quantitative estimate of drug-likeness (QED) is 0.524. The van der Waals surface area contributed by atoms with E-state index in [0.29, 0.717) is 10.4 Å². The largest absolute Gasteiger partial charge is 0.495 e. The third kappa shape index (κ3) is 3.22. The van der Waals surface area contributed by atoms with Gasteiger partial charge < -0.3 is 14.0 Å². The van der Waals surface area contributed by atoms with Crippen molar-refractivity contribution in [3.8, 4) is 6.07 Å². The van der Waals surface area contributed by atoms with E-state index in [1.54, 1.807) is 6.20 Å². The van der Waals surface area contributed by atoms with Crippen molar-refractivity contribution < 1.29 is 18.8 Å². The van der Waals surface area contributed by atoms with Crippen molar-refractivity contribution in [2.24, 2.45) is 0 Å². The van der Waals surface area contributed by atoms with E-state index in [2.05, 4.69) is 6.07 Å². The minimum atomic E-state index is -0.634. The number of hydrogen-bond acceptors (Lipinski definition) is 6. The molecule has 0 radical (unpaired) electrons. The standard InChI is InChI=1S/C22H25BN2O4S/c1-20(2,3)27-19(26)25-12-13(11-24)16-17-14(9-8-10-15(17)30-18(16)25)23-28-21(4,5)22(6,7)29-23/h8-10,12H,1-7H3. The maximum Gasteiger partial charge on any atom is 0.495 e. The number of hydrogen-bond donors (Lipinski definition) is 0. The fraction of sp³-hybridized carbons (Fsp3) is 0.455. The number of carbonyl (C=O) groups excluding carboxylic acids is 1. The van der Waals surface area contributed by atoms with Gasteiger partial charge in [-0.25, -0.2) is 9.36 Å². The van der Waals surface area contributed by atoms with Crippen LogP contribution in [0, 0.1) is 11.3 Å². The summed E-state index contributed by atoms with van der Waals surface area (Å²) >= 11 is 1.45. The first-order valence-corrected chi connectivity index (χ1v) is 10.7. The fourth-order valence-corrected chi connectivity index (χ4v) is 4.75. The maximum atomic E-state index is 12.8. The highest BCUT2D eigenvalue weighted by atomic mass is 32.1. The van der Waals surface area contributed by atoms with Gasteiger partial charge in [0.05, 0.1) is 16.8 Å². The van der Waals surface area contributed by atoms with Gasteiger partial charge in [0.2, 0.25) is 0 Å². The molecular weight excluding hydrogens is 399 g/mol. The summed E-state index contributed by atoms with van der Waals surface area (Å²) in [5.74, 6) is 0. The van der Waals surface area contributed by atoms with Crippen LogP contribution in [0.25, 0.3) is 20.3 Å². The van der Waals surface area contributed by atoms with E-state index in [9.17, 15) is 10.1 Å². The highest BCUT2D eigenvalue weighted by Crippen LogP contribution is 2.40. The van der Waals surface area contributed by atoms with Crippen molar-refractivity contribution in [3.63, 3.8) is 0 Å². The summed E-state index contributed by atoms with van der Waals surface area (Å²) in [4.78, 5) is 13.5. The lowest BCUT2D eigenvalue weighted by atomic mass is 9.76. The Balaban J connectivity index is 1.92. The van der Waals surface area contributed by atoms with Crippen LogP contribution in [0.15, 0.2) is 24.4 Å². The molecule has 30 heavy (non-hydrogen) atoms. The molecular formula is C22H25BN2O4S. The number of fused-ring (bicyclic) bond motifs is 3. The second kappa shape index (κ2) is 6.58. The molecule has 156 valence electrons. The maximum absolute atomic E-state index is 12.8. The second-order valence-electron chi connectivity index (χ2n) is 9.60. The predicted octanol–water partition coefficient (Wildman–Crippen LogP) is 4.81. The second-order valence-corrected chi connectivity index (χ2v) is 10.6. The summed E-state index contributed by atoms with van der Waals surface area (Å²) in [5, 5.41) is 11.4. The van der Waals surface area contributed by atoms with Gasteiger partial charge in [-0.15, -0.1) is 11.3 Å². The van der Waals surface area contributed by atoms with Gasteiger partial charge >= 0.3 is 13.2 Å². The average molecular weight is 424 g/mol. The van der Waals surface area contributed by atoms with Gasteiger partial charge in [-0.05, 0) is 60.0 Å². The highest BCUT2D eigenvalue weighted by molar-refractivity contribution is 7.26. The summed E-state index contributed by atoms with van der Waals surface area (Å²) < 4.78 is 20.5. The number of nitriles is 1. The van der Waals surface area contributed by atoms with E-state index in [1.807, 2.05) is 66.7 Å². The molecule has 0 saturated carbocycles. The van der Waals surface area contributed by atoms with Crippen LogP contribution < -0.4 is 5.46 Å². The van der Waals surface area contributed by atoms with Gasteiger partial charge in [-0.3, -0.25) is 0 Å². The summed E-state index contributed by atoms with van der Waals surface area (Å²) in [7, 11) is -0.562. The van der Waals surface area contributed by atoms with Crippen LogP contribution in [0.2, 0.25) is 0 Å². The Morgan fingerprint density at radius 3 is 2.37 bits per heavy atom. The number of ether oxygens (including phenoxy) is 1. The molecule has 3 heterocycles. The third-order valence-corrected chi connectivity index (χ3v) is 6.85. The number of aromatic nitrogens is 1. The molecule has 1 aliphatic rings. The Hall–Kier alpha value is -2.34. The lowest BCUT2D eigenvalue weighted by Crippen LogP contribution is -2.41. The molecule has 0 amide bonds. The molecule has 0 atom stereocenters. The number of thiophene rings is 1. The molecule has 0 N–H and O–H groups in total. The Morgan fingerprint density at radius 2 is 1.80 bits per heavy atom. The molecule has 8 heteroatoms. The number of nitrogens with zero attached hydrogens (tertiary/aromatic N) is 2. The molecule has 1 aromatic carbocycles. The summed E-state index contributed by atoms with van der Waals surface area (Å²) in [6, 6.07) is 8.12. The van der Waals surface area contributed by atoms with Gasteiger partial charge in [-0.2, -0.15) is 5.26 Å². The highest BCUT2D eigenvalue weighted by Gasteiger charge is 2.52. The number of benzene rings is 1. The zero-order chi connectivity index (χ0) is 22.1. The first kappa shape index (κ1) is 20.9. The van der Waals surface area contributed by atoms with Crippen molar-refractivity contribution in [3.05, 3.63) is 30.0 Å². The first-order chi connectivity index (χ1) is 13.8. The molecule has 4 rings (SSSR count). The first-order valence-electron chi connectivity index (χ1n) is 9.90. The van der Waals surface area contributed by atoms with Gasteiger partial charge in [0.1, 0.15) is 16.5 Å². The van der Waals surface area contributed by atoms with E-state index in [4.69, 9.17) is 14.0 Å². The number of carbonyl (C=O) groups is 1. The summed E-state index contributed by atoms with van der Waals surface area (Å²) in [6.07, 6.45) is 1.05. The van der Waals surface area contributed by atoms with Gasteiger partial charge in [0.15, 0.2) is 0 Å². The Morgan fingerprint density at radius 1 is 1.17 bits per heavy atom. The lowest BCUT2D eigenvalue weighted by Gasteiger charge is -2.32. The molecule has 0 bridgehead atoms. The van der Waals surface area contributed by atoms with Crippen LogP contribution in [0.5, 0.6) is 0 Å². The molecule has 1 fully saturated rings. The van der Waals surface area contributed by atoms with Crippen molar-refractivity contribution >= 4 is 50.3 Å². The van der Waals surface area contributed by atoms with Crippen LogP contribution in [-0.4, -0.2) is 34.6 Å². The average Bonchev–Trinajstić information content (AvgIpc) is 3.21. The molecule has 0 spiro atoms. The Labute approximate surface area is 180 Å². The SMILES string of the molecule is CC(C)(C)OC(=O)n1cc(C#N)c2c3c(B4OC(C)(C)C(C)(C)O4)cccc3sc21. The monoisotopic (exact) mass is 424 g/mol. The molecule has 6 nitrogen and oxygen atoms in total. The fourth-order valence-electron chi connectivity index (χ4n) is 3.53. The van der Waals surface area contributed by atoms with Crippen molar-refractivity contribution in [2.45, 2.75) is 65.3 Å². The number of rotatable bonds is 1. The third-order valence-electron chi connectivity index (χ3n) is 5.69. The summed E-state index contributed by atoms with van der Waals surface area (Å²) in [6.45, 7) is 13.5. The van der Waals surface area contributed by atoms with E-state index in [-0.39, 0.29) is 0 Å². The molecule has 2 aromatic heterocycles. The van der Waals surface area contributed by atoms with Crippen LogP contribution in [0.4, 0.5) is 4.79 Å². The zero-order valence-corrected chi connectivity index (χ0v) is 19.1. The molecule has 1 saturated heterocycles. The minimum Gasteiger partial charge on any atom is -0.443 e. The van der Waals surface area contributed by atoms with Crippen molar-refractivity contribution in [1.29, 1.82) is 5.26 Å². The smallest absolute Gasteiger partial charge is 0.443 e. The van der Waals surface area contributed by atoms with E-state index in [1.165, 1.54) is 15.9 Å². The zero-order valence-electron chi connectivity index (χ0n) is 18.3. The topological polar surface area (TPSA) is 73.5 Å². The van der Waals surface area contributed by atoms with Crippen molar-refractivity contribution in [1.82, 2.24) is 4.57 Å².